The molecule has 0 aliphatic rings. The number of halogens is 1. The molecule has 0 unspecified atom stereocenters. The standard InChI is InChI=1S/C22H13ClO/c23-17-8-10-19-21(13-17)24-20-11-7-16-12-15(6-9-18(16)22(19)20)14-4-2-1-3-5-14/h1-13H. The largest absolute Gasteiger partial charge is 0.456 e. The van der Waals surface area contributed by atoms with Crippen LogP contribution in [0.2, 0.25) is 5.02 Å². The number of hydrogen-bond donors (Lipinski definition) is 0. The monoisotopic (exact) mass is 328 g/mol. The lowest BCUT2D eigenvalue weighted by Crippen LogP contribution is -1.79. The predicted octanol–water partition coefficient (Wildman–Crippen LogP) is 7.06. The Morgan fingerprint density at radius 1 is 0.625 bits per heavy atom. The minimum atomic E-state index is 0.692. The molecule has 0 aliphatic heterocycles. The molecule has 1 nitrogen and oxygen atoms in total. The van der Waals surface area contributed by atoms with Crippen molar-refractivity contribution in [3.8, 4) is 11.1 Å². The van der Waals surface area contributed by atoms with E-state index in [2.05, 4.69) is 48.5 Å². The predicted molar refractivity (Wildman–Crippen MR) is 102 cm³/mol. The van der Waals surface area contributed by atoms with Crippen LogP contribution in [0.5, 0.6) is 0 Å². The van der Waals surface area contributed by atoms with Gasteiger partial charge in [0, 0.05) is 21.9 Å². The van der Waals surface area contributed by atoms with Gasteiger partial charge in [0.2, 0.25) is 0 Å². The summed E-state index contributed by atoms with van der Waals surface area (Å²) >= 11 is 6.09. The van der Waals surface area contributed by atoms with Crippen LogP contribution in [0.15, 0.2) is 83.3 Å². The minimum absolute atomic E-state index is 0.692. The van der Waals surface area contributed by atoms with Crippen molar-refractivity contribution in [2.45, 2.75) is 0 Å². The summed E-state index contributed by atoms with van der Waals surface area (Å²) in [6.45, 7) is 0. The van der Waals surface area contributed by atoms with Crippen molar-refractivity contribution in [2.24, 2.45) is 0 Å². The van der Waals surface area contributed by atoms with E-state index in [0.717, 1.165) is 21.9 Å². The average Bonchev–Trinajstić information content (AvgIpc) is 2.99. The third kappa shape index (κ3) is 2.02. The second-order valence-corrected chi connectivity index (χ2v) is 6.42. The molecule has 0 atom stereocenters. The van der Waals surface area contributed by atoms with Gasteiger partial charge in [-0.3, -0.25) is 0 Å². The van der Waals surface area contributed by atoms with Crippen molar-refractivity contribution in [1.29, 1.82) is 0 Å². The number of furan rings is 1. The summed E-state index contributed by atoms with van der Waals surface area (Å²) in [7, 11) is 0. The van der Waals surface area contributed by atoms with Crippen LogP contribution in [-0.4, -0.2) is 0 Å². The highest BCUT2D eigenvalue weighted by atomic mass is 35.5. The van der Waals surface area contributed by atoms with E-state index in [4.69, 9.17) is 16.0 Å². The summed E-state index contributed by atoms with van der Waals surface area (Å²) in [6, 6.07) is 27.0. The van der Waals surface area contributed by atoms with Crippen molar-refractivity contribution >= 4 is 44.3 Å². The SMILES string of the molecule is Clc1ccc2c(c1)oc1ccc3cc(-c4ccccc4)ccc3c12. The lowest BCUT2D eigenvalue weighted by atomic mass is 9.98. The molecule has 0 fully saturated rings. The van der Waals surface area contributed by atoms with Crippen molar-refractivity contribution in [1.82, 2.24) is 0 Å². The number of rotatable bonds is 1. The molecule has 0 bridgehead atoms. The molecule has 5 rings (SSSR count). The van der Waals surface area contributed by atoms with Gasteiger partial charge in [-0.15, -0.1) is 0 Å². The van der Waals surface area contributed by atoms with Gasteiger partial charge in [0.25, 0.3) is 0 Å². The van der Waals surface area contributed by atoms with Gasteiger partial charge in [-0.25, -0.2) is 0 Å². The summed E-state index contributed by atoms with van der Waals surface area (Å²) in [5.41, 5.74) is 4.17. The Balaban J connectivity index is 1.83. The Hall–Kier alpha value is -2.77. The van der Waals surface area contributed by atoms with E-state index in [-0.39, 0.29) is 0 Å². The van der Waals surface area contributed by atoms with Crippen LogP contribution in [-0.2, 0) is 0 Å². The average molecular weight is 329 g/mol. The van der Waals surface area contributed by atoms with Crippen LogP contribution >= 0.6 is 11.6 Å². The molecule has 0 aliphatic carbocycles. The molecule has 24 heavy (non-hydrogen) atoms. The smallest absolute Gasteiger partial charge is 0.136 e. The van der Waals surface area contributed by atoms with Crippen LogP contribution in [0.4, 0.5) is 0 Å². The maximum atomic E-state index is 6.09. The van der Waals surface area contributed by atoms with E-state index >= 15 is 0 Å². The van der Waals surface area contributed by atoms with Gasteiger partial charge in [0.15, 0.2) is 0 Å². The molecule has 1 aromatic heterocycles. The van der Waals surface area contributed by atoms with Gasteiger partial charge in [-0.2, -0.15) is 0 Å². The molecule has 114 valence electrons. The fourth-order valence-electron chi connectivity index (χ4n) is 3.39. The molecule has 0 saturated carbocycles. The van der Waals surface area contributed by atoms with Crippen LogP contribution in [0.1, 0.15) is 0 Å². The molecule has 0 amide bonds. The van der Waals surface area contributed by atoms with Crippen LogP contribution in [0.25, 0.3) is 43.8 Å². The Labute approximate surface area is 144 Å². The summed E-state index contributed by atoms with van der Waals surface area (Å²) in [4.78, 5) is 0. The second-order valence-electron chi connectivity index (χ2n) is 5.98. The number of hydrogen-bond acceptors (Lipinski definition) is 1. The Kier molecular flexibility index (Phi) is 2.91. The van der Waals surface area contributed by atoms with E-state index in [0.29, 0.717) is 5.02 Å². The topological polar surface area (TPSA) is 13.1 Å². The van der Waals surface area contributed by atoms with Crippen LogP contribution in [0, 0.1) is 0 Å². The quantitative estimate of drug-likeness (QED) is 0.321. The third-order valence-electron chi connectivity index (χ3n) is 4.52. The maximum absolute atomic E-state index is 6.09. The molecule has 4 aromatic carbocycles. The van der Waals surface area contributed by atoms with E-state index in [1.54, 1.807) is 0 Å². The second kappa shape index (κ2) is 5.12. The first-order chi connectivity index (χ1) is 11.8. The zero-order valence-electron chi connectivity index (χ0n) is 12.8. The number of benzene rings is 4. The zero-order valence-corrected chi connectivity index (χ0v) is 13.5. The molecular formula is C22H13ClO. The molecule has 0 radical (unpaired) electrons. The van der Waals surface area contributed by atoms with E-state index in [1.165, 1.54) is 21.9 Å². The Bertz CT molecular complexity index is 1200. The minimum Gasteiger partial charge on any atom is -0.456 e. The maximum Gasteiger partial charge on any atom is 0.136 e. The fraction of sp³-hybridized carbons (Fsp3) is 0. The Morgan fingerprint density at radius 3 is 2.33 bits per heavy atom. The van der Waals surface area contributed by atoms with Gasteiger partial charge >= 0.3 is 0 Å². The Morgan fingerprint density at radius 2 is 1.46 bits per heavy atom. The molecule has 5 aromatic rings. The molecule has 0 N–H and O–H groups in total. The summed E-state index contributed by atoms with van der Waals surface area (Å²) < 4.78 is 5.97. The van der Waals surface area contributed by atoms with Crippen molar-refractivity contribution < 1.29 is 4.42 Å². The highest BCUT2D eigenvalue weighted by Crippen LogP contribution is 2.36. The lowest BCUT2D eigenvalue weighted by molar-refractivity contribution is 0.669. The first kappa shape index (κ1) is 13.6. The van der Waals surface area contributed by atoms with E-state index in [9.17, 15) is 0 Å². The first-order valence-corrected chi connectivity index (χ1v) is 8.27. The van der Waals surface area contributed by atoms with Crippen molar-refractivity contribution in [3.63, 3.8) is 0 Å². The van der Waals surface area contributed by atoms with E-state index < -0.39 is 0 Å². The number of fused-ring (bicyclic) bond motifs is 5. The van der Waals surface area contributed by atoms with Gasteiger partial charge in [0.05, 0.1) is 0 Å². The van der Waals surface area contributed by atoms with Crippen molar-refractivity contribution in [3.05, 3.63) is 83.9 Å². The third-order valence-corrected chi connectivity index (χ3v) is 4.76. The summed E-state index contributed by atoms with van der Waals surface area (Å²) in [5.74, 6) is 0. The van der Waals surface area contributed by atoms with Gasteiger partial charge in [0.1, 0.15) is 11.2 Å². The zero-order chi connectivity index (χ0) is 16.1. The fourth-order valence-corrected chi connectivity index (χ4v) is 3.55. The van der Waals surface area contributed by atoms with Crippen molar-refractivity contribution in [2.75, 3.05) is 0 Å². The van der Waals surface area contributed by atoms with Gasteiger partial charge in [-0.05, 0) is 46.2 Å². The molecule has 2 heteroatoms. The van der Waals surface area contributed by atoms with Crippen LogP contribution < -0.4 is 0 Å². The highest BCUT2D eigenvalue weighted by Gasteiger charge is 2.11. The normalized spacial score (nSPS) is 11.5. The lowest BCUT2D eigenvalue weighted by Gasteiger charge is -2.05. The molecule has 0 spiro atoms. The van der Waals surface area contributed by atoms with E-state index in [1.807, 2.05) is 30.3 Å². The molecule has 1 heterocycles. The highest BCUT2D eigenvalue weighted by molar-refractivity contribution is 6.31. The van der Waals surface area contributed by atoms with Gasteiger partial charge < -0.3 is 4.42 Å². The van der Waals surface area contributed by atoms with Crippen LogP contribution in [0.3, 0.4) is 0 Å². The first-order valence-electron chi connectivity index (χ1n) is 7.89. The molecular weight excluding hydrogens is 316 g/mol. The molecule has 0 saturated heterocycles. The summed E-state index contributed by atoms with van der Waals surface area (Å²) in [5, 5.41) is 5.36. The summed E-state index contributed by atoms with van der Waals surface area (Å²) in [6.07, 6.45) is 0. The van der Waals surface area contributed by atoms with Gasteiger partial charge in [-0.1, -0.05) is 60.1 Å².